The number of amides is 1. The Kier molecular flexibility index (Phi) is 6.76. The van der Waals surface area contributed by atoms with E-state index >= 15 is 0 Å². The molecular weight excluding hydrogens is 348 g/mol. The first-order valence-electron chi connectivity index (χ1n) is 8.58. The van der Waals surface area contributed by atoms with Crippen LogP contribution in [-0.2, 0) is 11.2 Å². The molecule has 1 amide bonds. The fourth-order valence-electron chi connectivity index (χ4n) is 2.80. The molecule has 144 valence electrons. The van der Waals surface area contributed by atoms with E-state index in [0.29, 0.717) is 24.3 Å². The summed E-state index contributed by atoms with van der Waals surface area (Å²) in [6.07, 6.45) is 0.885. The number of nitro groups is 1. The highest BCUT2D eigenvalue weighted by molar-refractivity contribution is 5.76. The standard InChI is InChI=1S/C20H24N2O5/c1-14(16-6-5-7-17(13-16)22(24)25)21(2)20(23)11-9-15-8-10-18(26-3)19(12-15)27-4/h5-8,10,12-14H,9,11H2,1-4H3/t14-/m1/s1. The molecule has 0 saturated carbocycles. The number of carbonyl (C=O) groups excluding carboxylic acids is 1. The second kappa shape index (κ2) is 9.02. The van der Waals surface area contributed by atoms with Gasteiger partial charge in [0.1, 0.15) is 0 Å². The number of methoxy groups -OCH3 is 2. The van der Waals surface area contributed by atoms with Crippen molar-refractivity contribution in [3.8, 4) is 11.5 Å². The van der Waals surface area contributed by atoms with Crippen LogP contribution < -0.4 is 9.47 Å². The summed E-state index contributed by atoms with van der Waals surface area (Å²) in [4.78, 5) is 24.7. The van der Waals surface area contributed by atoms with Crippen molar-refractivity contribution in [1.82, 2.24) is 4.90 Å². The lowest BCUT2D eigenvalue weighted by molar-refractivity contribution is -0.384. The summed E-state index contributed by atoms with van der Waals surface area (Å²) in [6, 6.07) is 11.7. The Morgan fingerprint density at radius 3 is 2.48 bits per heavy atom. The molecule has 0 spiro atoms. The van der Waals surface area contributed by atoms with Gasteiger partial charge in [-0.25, -0.2) is 0 Å². The molecule has 0 N–H and O–H groups in total. The number of aryl methyl sites for hydroxylation is 1. The van der Waals surface area contributed by atoms with E-state index in [1.54, 1.807) is 38.3 Å². The van der Waals surface area contributed by atoms with Gasteiger partial charge in [-0.3, -0.25) is 14.9 Å². The molecule has 0 heterocycles. The van der Waals surface area contributed by atoms with Crippen molar-refractivity contribution in [3.05, 3.63) is 63.7 Å². The third kappa shape index (κ3) is 4.97. The van der Waals surface area contributed by atoms with Gasteiger partial charge < -0.3 is 14.4 Å². The molecule has 0 saturated heterocycles. The number of nitro benzene ring substituents is 1. The number of hydrogen-bond acceptors (Lipinski definition) is 5. The number of non-ortho nitro benzene ring substituents is 1. The lowest BCUT2D eigenvalue weighted by Gasteiger charge is -2.25. The van der Waals surface area contributed by atoms with Crippen LogP contribution >= 0.6 is 0 Å². The lowest BCUT2D eigenvalue weighted by atomic mass is 10.0. The van der Waals surface area contributed by atoms with Crippen LogP contribution in [0, 0.1) is 10.1 Å². The third-order valence-corrected chi connectivity index (χ3v) is 4.61. The normalized spacial score (nSPS) is 11.6. The summed E-state index contributed by atoms with van der Waals surface area (Å²) >= 11 is 0. The zero-order valence-electron chi connectivity index (χ0n) is 16.0. The van der Waals surface area contributed by atoms with Crippen LogP contribution in [-0.4, -0.2) is 37.0 Å². The van der Waals surface area contributed by atoms with Crippen molar-refractivity contribution in [3.63, 3.8) is 0 Å². The maximum absolute atomic E-state index is 12.6. The van der Waals surface area contributed by atoms with Crippen LogP contribution in [0.3, 0.4) is 0 Å². The summed E-state index contributed by atoms with van der Waals surface area (Å²) in [6.45, 7) is 1.85. The highest BCUT2D eigenvalue weighted by Crippen LogP contribution is 2.28. The fraction of sp³-hybridized carbons (Fsp3) is 0.350. The van der Waals surface area contributed by atoms with Crippen LogP contribution in [0.15, 0.2) is 42.5 Å². The topological polar surface area (TPSA) is 81.9 Å². The fourth-order valence-corrected chi connectivity index (χ4v) is 2.80. The van der Waals surface area contributed by atoms with E-state index in [1.807, 2.05) is 25.1 Å². The van der Waals surface area contributed by atoms with Gasteiger partial charge in [0.25, 0.3) is 5.69 Å². The van der Waals surface area contributed by atoms with Gasteiger partial charge >= 0.3 is 0 Å². The van der Waals surface area contributed by atoms with E-state index in [-0.39, 0.29) is 17.6 Å². The van der Waals surface area contributed by atoms with E-state index < -0.39 is 4.92 Å². The second-order valence-electron chi connectivity index (χ2n) is 6.22. The Hall–Kier alpha value is -3.09. The van der Waals surface area contributed by atoms with Gasteiger partial charge in [-0.15, -0.1) is 0 Å². The maximum Gasteiger partial charge on any atom is 0.269 e. The third-order valence-electron chi connectivity index (χ3n) is 4.61. The number of hydrogen-bond donors (Lipinski definition) is 0. The van der Waals surface area contributed by atoms with E-state index in [9.17, 15) is 14.9 Å². The predicted octanol–water partition coefficient (Wildman–Crippen LogP) is 3.76. The Labute approximate surface area is 158 Å². The Morgan fingerprint density at radius 2 is 1.85 bits per heavy atom. The highest BCUT2D eigenvalue weighted by atomic mass is 16.6. The van der Waals surface area contributed by atoms with Gasteiger partial charge in [0.2, 0.25) is 5.91 Å². The van der Waals surface area contributed by atoms with Gasteiger partial charge in [-0.1, -0.05) is 18.2 Å². The summed E-state index contributed by atoms with van der Waals surface area (Å²) in [7, 11) is 4.85. The lowest BCUT2D eigenvalue weighted by Crippen LogP contribution is -2.29. The summed E-state index contributed by atoms with van der Waals surface area (Å²) in [5, 5.41) is 10.9. The highest BCUT2D eigenvalue weighted by Gasteiger charge is 2.19. The van der Waals surface area contributed by atoms with Gasteiger partial charge in [0.05, 0.1) is 25.2 Å². The van der Waals surface area contributed by atoms with Crippen LogP contribution in [0.1, 0.15) is 30.5 Å². The molecule has 2 rings (SSSR count). The van der Waals surface area contributed by atoms with Crippen LogP contribution in [0.25, 0.3) is 0 Å². The molecule has 0 aliphatic rings. The second-order valence-corrected chi connectivity index (χ2v) is 6.22. The monoisotopic (exact) mass is 372 g/mol. The molecule has 7 heteroatoms. The number of ether oxygens (including phenoxy) is 2. The maximum atomic E-state index is 12.6. The Balaban J connectivity index is 2.03. The van der Waals surface area contributed by atoms with Crippen molar-refractivity contribution in [1.29, 1.82) is 0 Å². The molecule has 0 aromatic heterocycles. The Morgan fingerprint density at radius 1 is 1.15 bits per heavy atom. The molecule has 0 aliphatic heterocycles. The van der Waals surface area contributed by atoms with Crippen molar-refractivity contribution >= 4 is 11.6 Å². The molecular formula is C20H24N2O5. The SMILES string of the molecule is COc1ccc(CCC(=O)N(C)[C@H](C)c2cccc([N+](=O)[O-])c2)cc1OC. The summed E-state index contributed by atoms with van der Waals surface area (Å²) < 4.78 is 10.5. The van der Waals surface area contributed by atoms with Crippen LogP contribution in [0.5, 0.6) is 11.5 Å². The molecule has 1 atom stereocenters. The van der Waals surface area contributed by atoms with Gasteiger partial charge in [0.15, 0.2) is 11.5 Å². The predicted molar refractivity (Wildman–Crippen MR) is 102 cm³/mol. The minimum absolute atomic E-state index is 0.0190. The molecule has 0 aliphatic carbocycles. The molecule has 0 bridgehead atoms. The molecule has 2 aromatic rings. The van der Waals surface area contributed by atoms with Crippen molar-refractivity contribution < 1.29 is 19.2 Å². The van der Waals surface area contributed by atoms with Crippen LogP contribution in [0.2, 0.25) is 0 Å². The molecule has 0 unspecified atom stereocenters. The van der Waals surface area contributed by atoms with Crippen molar-refractivity contribution in [2.24, 2.45) is 0 Å². The zero-order chi connectivity index (χ0) is 20.0. The molecule has 0 radical (unpaired) electrons. The Bertz CT molecular complexity index is 822. The van der Waals surface area contributed by atoms with Crippen molar-refractivity contribution in [2.75, 3.05) is 21.3 Å². The quantitative estimate of drug-likeness (QED) is 0.520. The van der Waals surface area contributed by atoms with E-state index in [2.05, 4.69) is 0 Å². The van der Waals surface area contributed by atoms with Gasteiger partial charge in [-0.05, 0) is 36.6 Å². The number of nitrogens with zero attached hydrogens (tertiary/aromatic N) is 2. The molecule has 0 fully saturated rings. The smallest absolute Gasteiger partial charge is 0.269 e. The van der Waals surface area contributed by atoms with Crippen LogP contribution in [0.4, 0.5) is 5.69 Å². The van der Waals surface area contributed by atoms with E-state index in [1.165, 1.54) is 12.1 Å². The minimum atomic E-state index is -0.435. The number of benzene rings is 2. The van der Waals surface area contributed by atoms with Gasteiger partial charge in [0, 0.05) is 25.6 Å². The minimum Gasteiger partial charge on any atom is -0.493 e. The average Bonchev–Trinajstić information content (AvgIpc) is 2.70. The molecule has 2 aromatic carbocycles. The molecule has 7 nitrogen and oxygen atoms in total. The number of carbonyl (C=O) groups is 1. The largest absolute Gasteiger partial charge is 0.493 e. The molecule has 27 heavy (non-hydrogen) atoms. The summed E-state index contributed by atoms with van der Waals surface area (Å²) in [5.41, 5.74) is 1.72. The summed E-state index contributed by atoms with van der Waals surface area (Å²) in [5.74, 6) is 1.23. The zero-order valence-corrected chi connectivity index (χ0v) is 16.0. The van der Waals surface area contributed by atoms with Gasteiger partial charge in [-0.2, -0.15) is 0 Å². The number of rotatable bonds is 8. The first kappa shape index (κ1) is 20.2. The average molecular weight is 372 g/mol. The van der Waals surface area contributed by atoms with E-state index in [4.69, 9.17) is 9.47 Å². The van der Waals surface area contributed by atoms with Crippen molar-refractivity contribution in [2.45, 2.75) is 25.8 Å². The van der Waals surface area contributed by atoms with E-state index in [0.717, 1.165) is 11.1 Å². The first-order chi connectivity index (χ1) is 12.9. The first-order valence-corrected chi connectivity index (χ1v) is 8.58.